The molecule has 128 valence electrons. The van der Waals surface area contributed by atoms with E-state index in [1.54, 1.807) is 35.2 Å². The lowest BCUT2D eigenvalue weighted by Crippen LogP contribution is -2.52. The van der Waals surface area contributed by atoms with Crippen LogP contribution in [0, 0.1) is 5.92 Å². The van der Waals surface area contributed by atoms with Crippen molar-refractivity contribution in [1.29, 1.82) is 0 Å². The van der Waals surface area contributed by atoms with Crippen molar-refractivity contribution in [3.8, 4) is 0 Å². The molecule has 2 heterocycles. The molecule has 0 unspecified atom stereocenters. The molecule has 2 amide bonds. The van der Waals surface area contributed by atoms with Crippen molar-refractivity contribution in [3.63, 3.8) is 0 Å². The number of rotatable bonds is 3. The van der Waals surface area contributed by atoms with Crippen LogP contribution >= 0.6 is 11.6 Å². The van der Waals surface area contributed by atoms with Gasteiger partial charge in [0.05, 0.1) is 5.75 Å². The molecule has 0 aromatic heterocycles. The van der Waals surface area contributed by atoms with E-state index in [1.807, 2.05) is 0 Å². The van der Waals surface area contributed by atoms with Crippen LogP contribution in [0.5, 0.6) is 0 Å². The molecule has 0 saturated carbocycles. The number of carbonyl (C=O) groups is 2. The Labute approximate surface area is 145 Å². The van der Waals surface area contributed by atoms with E-state index in [0.717, 1.165) is 5.41 Å². The molecule has 0 aliphatic carbocycles. The van der Waals surface area contributed by atoms with Gasteiger partial charge in [0.25, 0.3) is 0 Å². The zero-order chi connectivity index (χ0) is 17.3. The molecule has 0 spiro atoms. The van der Waals surface area contributed by atoms with Crippen molar-refractivity contribution in [2.45, 2.75) is 6.42 Å². The Morgan fingerprint density at radius 1 is 1.29 bits per heavy atom. The van der Waals surface area contributed by atoms with Gasteiger partial charge in [-0.15, -0.1) is 0 Å². The average Bonchev–Trinajstić information content (AvgIpc) is 2.86. The molecule has 1 fully saturated rings. The maximum Gasteiger partial charge on any atom is 0.246 e. The zero-order valence-electron chi connectivity index (χ0n) is 12.9. The average molecular weight is 369 g/mol. The van der Waals surface area contributed by atoms with Crippen LogP contribution in [0.25, 0.3) is 0 Å². The largest absolute Gasteiger partial charge is 0.332 e. The number of nitrogens with zero attached hydrogens (tertiary/aromatic N) is 2. The Morgan fingerprint density at radius 2 is 2.08 bits per heavy atom. The molecule has 3 rings (SSSR count). The Morgan fingerprint density at radius 3 is 2.71 bits per heavy atom. The summed E-state index contributed by atoms with van der Waals surface area (Å²) >= 11 is 5.95. The van der Waals surface area contributed by atoms with Gasteiger partial charge >= 0.3 is 0 Å². The quantitative estimate of drug-likeness (QED) is 0.809. The minimum Gasteiger partial charge on any atom is -0.332 e. The summed E-state index contributed by atoms with van der Waals surface area (Å²) in [5, 5.41) is 1.71. The molecule has 0 N–H and O–H groups in total. The third-order valence-electron chi connectivity index (χ3n) is 4.13. The van der Waals surface area contributed by atoms with Gasteiger partial charge in [0.2, 0.25) is 11.8 Å². The van der Waals surface area contributed by atoms with Crippen molar-refractivity contribution in [1.82, 2.24) is 4.90 Å². The first-order valence-electron chi connectivity index (χ1n) is 7.59. The van der Waals surface area contributed by atoms with Crippen LogP contribution in [0.4, 0.5) is 5.69 Å². The standard InChI is InChI=1S/C16H17ClN2O4S/c17-13-2-1-3-14(9-13)19-6-5-18(10-16(19)21)15(20)8-12-4-7-24(22,23)11-12/h1-4,7,9,12H,5-6,8,10-11H2/t12-/m1/s1. The maximum atomic E-state index is 12.3. The van der Waals surface area contributed by atoms with Crippen molar-refractivity contribution in [2.75, 3.05) is 30.3 Å². The van der Waals surface area contributed by atoms with E-state index in [4.69, 9.17) is 11.6 Å². The highest BCUT2D eigenvalue weighted by Crippen LogP contribution is 2.23. The third kappa shape index (κ3) is 3.79. The summed E-state index contributed by atoms with van der Waals surface area (Å²) in [6.07, 6.45) is 1.66. The summed E-state index contributed by atoms with van der Waals surface area (Å²) < 4.78 is 22.8. The molecule has 1 atom stereocenters. The molecule has 1 saturated heterocycles. The van der Waals surface area contributed by atoms with E-state index in [2.05, 4.69) is 0 Å². The fraction of sp³-hybridized carbons (Fsp3) is 0.375. The van der Waals surface area contributed by atoms with Gasteiger partial charge in [0.15, 0.2) is 9.84 Å². The lowest BCUT2D eigenvalue weighted by Gasteiger charge is -2.34. The van der Waals surface area contributed by atoms with Crippen LogP contribution in [0.15, 0.2) is 35.7 Å². The van der Waals surface area contributed by atoms with Gasteiger partial charge in [0, 0.05) is 41.5 Å². The minimum absolute atomic E-state index is 0.00543. The van der Waals surface area contributed by atoms with Crippen molar-refractivity contribution >= 4 is 38.9 Å². The molecule has 2 aliphatic rings. The summed E-state index contributed by atoms with van der Waals surface area (Å²) in [7, 11) is -3.17. The number of sulfone groups is 1. The summed E-state index contributed by atoms with van der Waals surface area (Å²) in [4.78, 5) is 27.7. The first kappa shape index (κ1) is 17.0. The van der Waals surface area contributed by atoms with Gasteiger partial charge in [-0.1, -0.05) is 23.7 Å². The summed E-state index contributed by atoms with van der Waals surface area (Å²) in [6, 6.07) is 7.02. The lowest BCUT2D eigenvalue weighted by atomic mass is 10.1. The second kappa shape index (κ2) is 6.57. The highest BCUT2D eigenvalue weighted by molar-refractivity contribution is 7.94. The lowest BCUT2D eigenvalue weighted by molar-refractivity contribution is -0.137. The van der Waals surface area contributed by atoms with Gasteiger partial charge < -0.3 is 9.80 Å². The highest BCUT2D eigenvalue weighted by atomic mass is 35.5. The third-order valence-corrected chi connectivity index (χ3v) is 5.83. The maximum absolute atomic E-state index is 12.3. The fourth-order valence-corrected chi connectivity index (χ4v) is 4.51. The van der Waals surface area contributed by atoms with E-state index in [-0.39, 0.29) is 36.5 Å². The van der Waals surface area contributed by atoms with Gasteiger partial charge in [-0.3, -0.25) is 9.59 Å². The molecule has 1 aromatic carbocycles. The Bertz CT molecular complexity index is 806. The summed E-state index contributed by atoms with van der Waals surface area (Å²) in [5.41, 5.74) is 0.712. The van der Waals surface area contributed by atoms with E-state index >= 15 is 0 Å². The monoisotopic (exact) mass is 368 g/mol. The van der Waals surface area contributed by atoms with Crippen molar-refractivity contribution in [3.05, 3.63) is 40.8 Å². The van der Waals surface area contributed by atoms with Crippen molar-refractivity contribution in [2.24, 2.45) is 5.92 Å². The van der Waals surface area contributed by atoms with Gasteiger partial charge in [0.1, 0.15) is 6.54 Å². The van der Waals surface area contributed by atoms with E-state index in [0.29, 0.717) is 23.8 Å². The zero-order valence-corrected chi connectivity index (χ0v) is 14.5. The predicted octanol–water partition coefficient (Wildman–Crippen LogP) is 1.46. The van der Waals surface area contributed by atoms with E-state index < -0.39 is 9.84 Å². The molecule has 6 nitrogen and oxygen atoms in total. The normalized spacial score (nSPS) is 22.9. The molecule has 24 heavy (non-hydrogen) atoms. The minimum atomic E-state index is -3.17. The molecule has 1 aromatic rings. The van der Waals surface area contributed by atoms with Crippen molar-refractivity contribution < 1.29 is 18.0 Å². The van der Waals surface area contributed by atoms with Gasteiger partial charge in [-0.25, -0.2) is 8.42 Å². The smallest absolute Gasteiger partial charge is 0.246 e. The van der Waals surface area contributed by atoms with Crippen LogP contribution in [0.1, 0.15) is 6.42 Å². The molecule has 8 heteroatoms. The number of hydrogen-bond donors (Lipinski definition) is 0. The molecule has 2 aliphatic heterocycles. The number of amides is 2. The van der Waals surface area contributed by atoms with Crippen LogP contribution < -0.4 is 4.90 Å². The van der Waals surface area contributed by atoms with E-state index in [9.17, 15) is 18.0 Å². The second-order valence-electron chi connectivity index (χ2n) is 5.96. The van der Waals surface area contributed by atoms with Crippen LogP contribution in [0.2, 0.25) is 5.02 Å². The Hall–Kier alpha value is -1.86. The Balaban J connectivity index is 1.60. The Kier molecular flexibility index (Phi) is 4.64. The van der Waals surface area contributed by atoms with Gasteiger partial charge in [-0.2, -0.15) is 0 Å². The molecule has 0 radical (unpaired) electrons. The molecular weight excluding hydrogens is 352 g/mol. The van der Waals surface area contributed by atoms with E-state index in [1.165, 1.54) is 4.90 Å². The second-order valence-corrected chi connectivity index (χ2v) is 8.33. The number of allylic oxidation sites excluding steroid dienone is 1. The predicted molar refractivity (Wildman–Crippen MR) is 91.4 cm³/mol. The first-order chi connectivity index (χ1) is 11.3. The topological polar surface area (TPSA) is 74.8 Å². The van der Waals surface area contributed by atoms with Crippen LogP contribution in [-0.2, 0) is 19.4 Å². The molecular formula is C16H17ClN2O4S. The highest BCUT2D eigenvalue weighted by Gasteiger charge is 2.31. The first-order valence-corrected chi connectivity index (χ1v) is 9.68. The van der Waals surface area contributed by atoms with Gasteiger partial charge in [-0.05, 0) is 18.2 Å². The molecule has 0 bridgehead atoms. The fourth-order valence-electron chi connectivity index (χ4n) is 2.92. The summed E-state index contributed by atoms with van der Waals surface area (Å²) in [5.74, 6) is -0.703. The number of halogens is 1. The number of anilines is 1. The number of carbonyl (C=O) groups excluding carboxylic acids is 2. The number of benzene rings is 1. The number of hydrogen-bond acceptors (Lipinski definition) is 4. The SMILES string of the molecule is O=C(C[C@H]1C=CS(=O)(=O)C1)N1CCN(c2cccc(Cl)c2)C(=O)C1. The van der Waals surface area contributed by atoms with Crippen LogP contribution in [0.3, 0.4) is 0 Å². The van der Waals surface area contributed by atoms with Crippen LogP contribution in [-0.4, -0.2) is 50.5 Å². The summed E-state index contributed by atoms with van der Waals surface area (Å²) in [6.45, 7) is 0.804. The number of piperazine rings is 1.